The summed E-state index contributed by atoms with van der Waals surface area (Å²) < 4.78 is 6.46. The lowest BCUT2D eigenvalue weighted by molar-refractivity contribution is 0.669. The molecule has 57 heavy (non-hydrogen) atoms. The minimum Gasteiger partial charge on any atom is -0.456 e. The van der Waals surface area contributed by atoms with Gasteiger partial charge in [-0.2, -0.15) is 0 Å². The first kappa shape index (κ1) is 32.7. The highest BCUT2D eigenvalue weighted by Crippen LogP contribution is 2.40. The molecule has 11 aromatic rings. The summed E-state index contributed by atoms with van der Waals surface area (Å²) in [4.78, 5) is 15.8. The molecule has 0 saturated carbocycles. The average molecular weight is 728 g/mol. The second-order valence-corrected chi connectivity index (χ2v) is 14.4. The van der Waals surface area contributed by atoms with E-state index in [1.54, 1.807) is 0 Å². The molecule has 11 rings (SSSR count). The molecule has 0 aliphatic carbocycles. The van der Waals surface area contributed by atoms with Crippen molar-refractivity contribution in [1.29, 1.82) is 0 Å². The maximum Gasteiger partial charge on any atom is 0.164 e. The van der Waals surface area contributed by atoms with Crippen LogP contribution in [0.1, 0.15) is 0 Å². The Morgan fingerprint density at radius 1 is 0.281 bits per heavy atom. The lowest BCUT2D eigenvalue weighted by atomic mass is 9.91. The number of nitrogens with zero attached hydrogens (tertiary/aromatic N) is 3. The van der Waals surface area contributed by atoms with Gasteiger partial charge in [-0.25, -0.2) is 15.0 Å². The topological polar surface area (TPSA) is 51.8 Å². The highest BCUT2D eigenvalue weighted by molar-refractivity contribution is 6.13. The van der Waals surface area contributed by atoms with Crippen LogP contribution in [0, 0.1) is 0 Å². The molecule has 0 N–H and O–H groups in total. The van der Waals surface area contributed by atoms with Crippen molar-refractivity contribution in [2.24, 2.45) is 0 Å². The number of aromatic nitrogens is 3. The number of hydrogen-bond acceptors (Lipinski definition) is 4. The van der Waals surface area contributed by atoms with Crippen LogP contribution in [0.3, 0.4) is 0 Å². The van der Waals surface area contributed by atoms with Gasteiger partial charge < -0.3 is 4.42 Å². The van der Waals surface area contributed by atoms with Crippen LogP contribution in [0.15, 0.2) is 205 Å². The third-order valence-electron chi connectivity index (χ3n) is 10.9. The van der Waals surface area contributed by atoms with Gasteiger partial charge in [-0.05, 0) is 91.3 Å². The lowest BCUT2D eigenvalue weighted by Crippen LogP contribution is -2.01. The molecule has 0 bridgehead atoms. The molecule has 266 valence electrons. The quantitative estimate of drug-likeness (QED) is 0.171. The Hall–Kier alpha value is -7.69. The Morgan fingerprint density at radius 3 is 1.56 bits per heavy atom. The molecular formula is C53H33N3O. The Balaban J connectivity index is 1.15. The van der Waals surface area contributed by atoms with Gasteiger partial charge in [0.05, 0.1) is 0 Å². The van der Waals surface area contributed by atoms with Crippen molar-refractivity contribution in [1.82, 2.24) is 15.0 Å². The van der Waals surface area contributed by atoms with E-state index in [0.717, 1.165) is 82.8 Å². The van der Waals surface area contributed by atoms with E-state index in [-0.39, 0.29) is 0 Å². The predicted molar refractivity (Wildman–Crippen MR) is 235 cm³/mol. The van der Waals surface area contributed by atoms with E-state index in [2.05, 4.69) is 182 Å². The van der Waals surface area contributed by atoms with Crippen molar-refractivity contribution >= 4 is 43.5 Å². The van der Waals surface area contributed by atoms with Crippen LogP contribution in [0.5, 0.6) is 0 Å². The maximum absolute atomic E-state index is 6.46. The highest BCUT2D eigenvalue weighted by Gasteiger charge is 2.20. The second kappa shape index (κ2) is 13.6. The van der Waals surface area contributed by atoms with Crippen molar-refractivity contribution in [2.45, 2.75) is 0 Å². The van der Waals surface area contributed by atoms with Gasteiger partial charge in [0.25, 0.3) is 0 Å². The zero-order chi connectivity index (χ0) is 37.7. The Morgan fingerprint density at radius 2 is 0.842 bits per heavy atom. The largest absolute Gasteiger partial charge is 0.456 e. The van der Waals surface area contributed by atoms with Gasteiger partial charge in [-0.3, -0.25) is 0 Å². The van der Waals surface area contributed by atoms with Crippen molar-refractivity contribution in [3.8, 4) is 67.5 Å². The summed E-state index contributed by atoms with van der Waals surface area (Å²) in [5.41, 5.74) is 11.1. The summed E-state index contributed by atoms with van der Waals surface area (Å²) in [5.74, 6) is 1.79. The molecule has 2 aromatic heterocycles. The number of fused-ring (bicyclic) bond motifs is 5. The Kier molecular flexibility index (Phi) is 7.78. The van der Waals surface area contributed by atoms with Gasteiger partial charge in [0, 0.05) is 27.5 Å². The maximum atomic E-state index is 6.46. The fourth-order valence-electron chi connectivity index (χ4n) is 8.05. The molecule has 0 radical (unpaired) electrons. The fraction of sp³-hybridized carbons (Fsp3) is 0. The van der Waals surface area contributed by atoms with Gasteiger partial charge in [0.15, 0.2) is 17.5 Å². The molecule has 0 aliphatic heterocycles. The van der Waals surface area contributed by atoms with Gasteiger partial charge in [-0.1, -0.05) is 164 Å². The zero-order valence-electron chi connectivity index (χ0n) is 30.8. The van der Waals surface area contributed by atoms with Crippen LogP contribution in [-0.2, 0) is 0 Å². The number of rotatable bonds is 6. The molecule has 0 fully saturated rings. The van der Waals surface area contributed by atoms with E-state index < -0.39 is 0 Å². The van der Waals surface area contributed by atoms with E-state index in [1.165, 1.54) is 10.8 Å². The van der Waals surface area contributed by atoms with E-state index in [4.69, 9.17) is 19.4 Å². The third kappa shape index (κ3) is 5.92. The van der Waals surface area contributed by atoms with E-state index in [9.17, 15) is 0 Å². The van der Waals surface area contributed by atoms with Crippen LogP contribution in [0.4, 0.5) is 0 Å². The van der Waals surface area contributed by atoms with Crippen molar-refractivity contribution in [2.75, 3.05) is 0 Å². The molecule has 0 spiro atoms. The minimum atomic E-state index is 0.584. The number of furan rings is 1. The van der Waals surface area contributed by atoms with Gasteiger partial charge in [0.2, 0.25) is 0 Å². The molecule has 2 heterocycles. The minimum absolute atomic E-state index is 0.584. The van der Waals surface area contributed by atoms with E-state index >= 15 is 0 Å². The Bertz CT molecular complexity index is 3300. The first-order valence-electron chi connectivity index (χ1n) is 19.2. The summed E-state index contributed by atoms with van der Waals surface area (Å²) in [6.45, 7) is 0. The summed E-state index contributed by atoms with van der Waals surface area (Å²) in [7, 11) is 0. The second-order valence-electron chi connectivity index (χ2n) is 14.4. The standard InChI is InChI=1S/C53H33N3O/c1-3-12-34(13-4-1)40-27-29-48-47(32-40)50-45(20-11-21-49(50)57-48)53-55-51(42-25-23-36-15-8-10-19-39(36)31-42)54-52(56-53)43-26-28-44(37-16-5-2-6-17-37)46(33-43)41-24-22-35-14-7-9-18-38(35)30-41/h1-33H. The summed E-state index contributed by atoms with van der Waals surface area (Å²) in [6.07, 6.45) is 0. The van der Waals surface area contributed by atoms with Crippen molar-refractivity contribution in [3.63, 3.8) is 0 Å². The third-order valence-corrected chi connectivity index (χ3v) is 10.9. The molecule has 9 aromatic carbocycles. The van der Waals surface area contributed by atoms with Crippen molar-refractivity contribution in [3.05, 3.63) is 200 Å². The monoisotopic (exact) mass is 727 g/mol. The van der Waals surface area contributed by atoms with E-state index in [0.29, 0.717) is 17.5 Å². The summed E-state index contributed by atoms with van der Waals surface area (Å²) >= 11 is 0. The van der Waals surface area contributed by atoms with Crippen LogP contribution in [-0.4, -0.2) is 15.0 Å². The normalized spacial score (nSPS) is 11.5. The molecule has 4 heteroatoms. The van der Waals surface area contributed by atoms with Crippen LogP contribution >= 0.6 is 0 Å². The highest BCUT2D eigenvalue weighted by atomic mass is 16.3. The predicted octanol–water partition coefficient (Wildman–Crippen LogP) is 14.1. The number of hydrogen-bond donors (Lipinski definition) is 0. The van der Waals surface area contributed by atoms with Crippen LogP contribution in [0.2, 0.25) is 0 Å². The average Bonchev–Trinajstić information content (AvgIpc) is 3.67. The lowest BCUT2D eigenvalue weighted by Gasteiger charge is -2.14. The molecule has 0 unspecified atom stereocenters. The summed E-state index contributed by atoms with van der Waals surface area (Å²) in [5, 5.41) is 6.68. The summed E-state index contributed by atoms with van der Waals surface area (Å²) in [6, 6.07) is 70.0. The van der Waals surface area contributed by atoms with Crippen LogP contribution < -0.4 is 0 Å². The van der Waals surface area contributed by atoms with Gasteiger partial charge >= 0.3 is 0 Å². The van der Waals surface area contributed by atoms with Gasteiger partial charge in [-0.15, -0.1) is 0 Å². The fourth-order valence-corrected chi connectivity index (χ4v) is 8.05. The zero-order valence-corrected chi connectivity index (χ0v) is 30.8. The molecule has 0 aliphatic rings. The molecule has 0 saturated heterocycles. The number of benzene rings is 9. The SMILES string of the molecule is c1ccc(-c2ccc3oc4cccc(-c5nc(-c6ccc(-c7ccccc7)c(-c7ccc8ccccc8c7)c6)nc(-c6ccc7ccccc7c6)n5)c4c3c2)cc1. The first-order chi connectivity index (χ1) is 28.2. The van der Waals surface area contributed by atoms with E-state index in [1.807, 2.05) is 18.2 Å². The molecule has 0 amide bonds. The molecular weight excluding hydrogens is 695 g/mol. The van der Waals surface area contributed by atoms with Crippen molar-refractivity contribution < 1.29 is 4.42 Å². The smallest absolute Gasteiger partial charge is 0.164 e. The molecule has 0 atom stereocenters. The molecule has 4 nitrogen and oxygen atoms in total. The Labute approximate surface area is 329 Å². The van der Waals surface area contributed by atoms with Gasteiger partial charge in [0.1, 0.15) is 11.2 Å². The van der Waals surface area contributed by atoms with Crippen LogP contribution in [0.25, 0.3) is 111 Å². The first-order valence-corrected chi connectivity index (χ1v) is 19.2.